The van der Waals surface area contributed by atoms with Gasteiger partial charge in [0.1, 0.15) is 5.82 Å². The van der Waals surface area contributed by atoms with Gasteiger partial charge in [-0.25, -0.2) is 4.98 Å². The Bertz CT molecular complexity index is 492. The summed E-state index contributed by atoms with van der Waals surface area (Å²) in [5.74, 6) is -0.361. The average Bonchev–Trinajstić information content (AvgIpc) is 3.17. The zero-order valence-electron chi connectivity index (χ0n) is 11.0. The second-order valence-corrected chi connectivity index (χ2v) is 5.07. The molecule has 1 saturated carbocycles. The lowest BCUT2D eigenvalue weighted by atomic mass is 10.1. The Kier molecular flexibility index (Phi) is 3.42. The number of carboxylic acids is 1. The SMILES string of the molecule is CN(C)c1ccc(C(=O)NCC2(C(=O)O)CC2)cn1. The molecular weight excluding hydrogens is 246 g/mol. The maximum absolute atomic E-state index is 11.9. The van der Waals surface area contributed by atoms with E-state index in [1.165, 1.54) is 6.20 Å². The van der Waals surface area contributed by atoms with Crippen LogP contribution in [-0.4, -0.2) is 42.6 Å². The topological polar surface area (TPSA) is 82.5 Å². The summed E-state index contributed by atoms with van der Waals surface area (Å²) in [6.07, 6.45) is 2.74. The van der Waals surface area contributed by atoms with Crippen molar-refractivity contribution < 1.29 is 14.7 Å². The summed E-state index contributed by atoms with van der Waals surface area (Å²) in [6.45, 7) is 0.177. The summed E-state index contributed by atoms with van der Waals surface area (Å²) in [7, 11) is 3.73. The summed E-state index contributed by atoms with van der Waals surface area (Å²) >= 11 is 0. The third-order valence-electron chi connectivity index (χ3n) is 3.36. The van der Waals surface area contributed by atoms with Gasteiger partial charge in [0.25, 0.3) is 5.91 Å². The number of nitrogens with one attached hydrogen (secondary N) is 1. The van der Waals surface area contributed by atoms with Gasteiger partial charge >= 0.3 is 5.97 Å². The van der Waals surface area contributed by atoms with E-state index in [4.69, 9.17) is 5.11 Å². The number of carboxylic acid groups (broad SMARTS) is 1. The van der Waals surface area contributed by atoms with E-state index in [0.717, 1.165) is 5.82 Å². The van der Waals surface area contributed by atoms with Crippen molar-refractivity contribution in [2.45, 2.75) is 12.8 Å². The second kappa shape index (κ2) is 4.87. The fraction of sp³-hybridized carbons (Fsp3) is 0.462. The van der Waals surface area contributed by atoms with Crippen molar-refractivity contribution in [2.75, 3.05) is 25.5 Å². The molecule has 1 aromatic rings. The number of aliphatic carboxylic acids is 1. The first-order valence-electron chi connectivity index (χ1n) is 6.10. The van der Waals surface area contributed by atoms with Crippen LogP contribution in [0.5, 0.6) is 0 Å². The zero-order valence-corrected chi connectivity index (χ0v) is 11.0. The normalized spacial score (nSPS) is 15.7. The van der Waals surface area contributed by atoms with Gasteiger partial charge in [-0.1, -0.05) is 0 Å². The van der Waals surface area contributed by atoms with Crippen LogP contribution in [-0.2, 0) is 4.79 Å². The van der Waals surface area contributed by atoms with Gasteiger partial charge in [0, 0.05) is 26.8 Å². The first-order valence-corrected chi connectivity index (χ1v) is 6.10. The Labute approximate surface area is 111 Å². The van der Waals surface area contributed by atoms with Crippen LogP contribution in [0.4, 0.5) is 5.82 Å². The third kappa shape index (κ3) is 2.83. The summed E-state index contributed by atoms with van der Waals surface area (Å²) < 4.78 is 0. The number of carbonyl (C=O) groups is 2. The highest BCUT2D eigenvalue weighted by molar-refractivity contribution is 5.94. The molecule has 0 saturated heterocycles. The largest absolute Gasteiger partial charge is 0.481 e. The summed E-state index contributed by atoms with van der Waals surface area (Å²) in [4.78, 5) is 28.8. The van der Waals surface area contributed by atoms with Crippen LogP contribution in [0.2, 0.25) is 0 Å². The van der Waals surface area contributed by atoms with E-state index >= 15 is 0 Å². The molecule has 1 heterocycles. The number of hydrogen-bond acceptors (Lipinski definition) is 4. The van der Waals surface area contributed by atoms with Crippen molar-refractivity contribution in [3.63, 3.8) is 0 Å². The first-order chi connectivity index (χ1) is 8.94. The number of pyridine rings is 1. The predicted octanol–water partition coefficient (Wildman–Crippen LogP) is 0.742. The minimum Gasteiger partial charge on any atom is -0.481 e. The lowest BCUT2D eigenvalue weighted by Crippen LogP contribution is -2.34. The summed E-state index contributed by atoms with van der Waals surface area (Å²) in [6, 6.07) is 3.43. The van der Waals surface area contributed by atoms with Gasteiger partial charge in [-0.15, -0.1) is 0 Å². The highest BCUT2D eigenvalue weighted by Gasteiger charge is 2.50. The van der Waals surface area contributed by atoms with Gasteiger partial charge < -0.3 is 15.3 Å². The minimum absolute atomic E-state index is 0.177. The lowest BCUT2D eigenvalue weighted by Gasteiger charge is -2.13. The first kappa shape index (κ1) is 13.3. The molecule has 0 bridgehead atoms. The Morgan fingerprint density at radius 1 is 1.42 bits per heavy atom. The third-order valence-corrected chi connectivity index (χ3v) is 3.36. The van der Waals surface area contributed by atoms with E-state index in [1.807, 2.05) is 19.0 Å². The van der Waals surface area contributed by atoms with Crippen molar-refractivity contribution in [1.82, 2.24) is 10.3 Å². The molecule has 0 unspecified atom stereocenters. The van der Waals surface area contributed by atoms with Gasteiger partial charge in [-0.3, -0.25) is 9.59 Å². The molecule has 1 aromatic heterocycles. The Balaban J connectivity index is 1.95. The molecule has 1 amide bonds. The molecule has 2 N–H and O–H groups in total. The van der Waals surface area contributed by atoms with Crippen molar-refractivity contribution in [3.8, 4) is 0 Å². The van der Waals surface area contributed by atoms with Crippen molar-refractivity contribution >= 4 is 17.7 Å². The average molecular weight is 263 g/mol. The molecule has 0 aliphatic heterocycles. The van der Waals surface area contributed by atoms with Gasteiger partial charge in [-0.05, 0) is 25.0 Å². The quantitative estimate of drug-likeness (QED) is 0.819. The van der Waals surface area contributed by atoms with Crippen LogP contribution in [0, 0.1) is 5.41 Å². The molecule has 6 nitrogen and oxygen atoms in total. The molecule has 0 aromatic carbocycles. The van der Waals surface area contributed by atoms with Crippen LogP contribution in [0.1, 0.15) is 23.2 Å². The number of amides is 1. The molecule has 6 heteroatoms. The molecule has 1 aliphatic carbocycles. The monoisotopic (exact) mass is 263 g/mol. The Morgan fingerprint density at radius 3 is 2.53 bits per heavy atom. The molecule has 2 rings (SSSR count). The van der Waals surface area contributed by atoms with Gasteiger partial charge in [-0.2, -0.15) is 0 Å². The standard InChI is InChI=1S/C13H17N3O3/c1-16(2)10-4-3-9(7-14-10)11(17)15-8-13(5-6-13)12(18)19/h3-4,7H,5-6,8H2,1-2H3,(H,15,17)(H,18,19). The Hall–Kier alpha value is -2.11. The second-order valence-electron chi connectivity index (χ2n) is 5.07. The van der Waals surface area contributed by atoms with Gasteiger partial charge in [0.2, 0.25) is 0 Å². The van der Waals surface area contributed by atoms with Crippen LogP contribution >= 0.6 is 0 Å². The number of anilines is 1. The van der Waals surface area contributed by atoms with Crippen molar-refractivity contribution in [1.29, 1.82) is 0 Å². The molecule has 1 fully saturated rings. The van der Waals surface area contributed by atoms with Crippen molar-refractivity contribution in [2.24, 2.45) is 5.41 Å². The lowest BCUT2D eigenvalue weighted by molar-refractivity contribution is -0.143. The molecule has 19 heavy (non-hydrogen) atoms. The van der Waals surface area contributed by atoms with Crippen LogP contribution < -0.4 is 10.2 Å². The van der Waals surface area contributed by atoms with E-state index < -0.39 is 11.4 Å². The van der Waals surface area contributed by atoms with Crippen LogP contribution in [0.15, 0.2) is 18.3 Å². The molecular formula is C13H17N3O3. The van der Waals surface area contributed by atoms with Gasteiger partial charge in [0.05, 0.1) is 11.0 Å². The molecule has 1 aliphatic rings. The highest BCUT2D eigenvalue weighted by atomic mass is 16.4. The fourth-order valence-electron chi connectivity index (χ4n) is 1.75. The highest BCUT2D eigenvalue weighted by Crippen LogP contribution is 2.45. The molecule has 102 valence electrons. The predicted molar refractivity (Wildman–Crippen MR) is 70.2 cm³/mol. The number of rotatable bonds is 5. The smallest absolute Gasteiger partial charge is 0.311 e. The fourth-order valence-corrected chi connectivity index (χ4v) is 1.75. The Morgan fingerprint density at radius 2 is 2.11 bits per heavy atom. The summed E-state index contributed by atoms with van der Waals surface area (Å²) in [5, 5.41) is 11.7. The number of aromatic nitrogens is 1. The van der Waals surface area contributed by atoms with Crippen LogP contribution in [0.25, 0.3) is 0 Å². The number of hydrogen-bond donors (Lipinski definition) is 2. The maximum atomic E-state index is 11.9. The van der Waals surface area contributed by atoms with Crippen molar-refractivity contribution in [3.05, 3.63) is 23.9 Å². The summed E-state index contributed by atoms with van der Waals surface area (Å²) in [5.41, 5.74) is -0.307. The zero-order chi connectivity index (χ0) is 14.0. The molecule has 0 atom stereocenters. The van der Waals surface area contributed by atoms with E-state index in [-0.39, 0.29) is 12.5 Å². The minimum atomic E-state index is -0.839. The number of nitrogens with zero attached hydrogens (tertiary/aromatic N) is 2. The van der Waals surface area contributed by atoms with E-state index in [9.17, 15) is 9.59 Å². The van der Waals surface area contributed by atoms with E-state index in [1.54, 1.807) is 12.1 Å². The van der Waals surface area contributed by atoms with E-state index in [2.05, 4.69) is 10.3 Å². The van der Waals surface area contributed by atoms with Crippen LogP contribution in [0.3, 0.4) is 0 Å². The molecule has 0 radical (unpaired) electrons. The number of carbonyl (C=O) groups excluding carboxylic acids is 1. The van der Waals surface area contributed by atoms with Gasteiger partial charge in [0.15, 0.2) is 0 Å². The maximum Gasteiger partial charge on any atom is 0.311 e. The van der Waals surface area contributed by atoms with E-state index in [0.29, 0.717) is 18.4 Å². The molecule has 0 spiro atoms.